The third-order valence-electron chi connectivity index (χ3n) is 4.19. The van der Waals surface area contributed by atoms with E-state index in [-0.39, 0.29) is 5.91 Å². The summed E-state index contributed by atoms with van der Waals surface area (Å²) in [6.07, 6.45) is 1.72. The highest BCUT2D eigenvalue weighted by molar-refractivity contribution is 6.11. The van der Waals surface area contributed by atoms with Crippen LogP contribution < -0.4 is 5.32 Å². The maximum atomic E-state index is 12.7. The van der Waals surface area contributed by atoms with Crippen molar-refractivity contribution in [3.8, 4) is 0 Å². The number of anilines is 1. The van der Waals surface area contributed by atoms with E-state index in [1.54, 1.807) is 36.5 Å². The molecule has 4 rings (SSSR count). The Bertz CT molecular complexity index is 1150. The van der Waals surface area contributed by atoms with Gasteiger partial charge in [0.25, 0.3) is 5.91 Å². The molecule has 2 N–H and O–H groups in total. The molecule has 4 aromatic rings. The molecule has 0 atom stereocenters. The number of aromatic amines is 1. The number of aromatic nitrogens is 2. The number of carbonyl (C=O) groups excluding carboxylic acids is 2. The third-order valence-corrected chi connectivity index (χ3v) is 4.19. The van der Waals surface area contributed by atoms with E-state index in [1.165, 1.54) is 7.11 Å². The number of rotatable bonds is 3. The average molecular weight is 345 g/mol. The van der Waals surface area contributed by atoms with Gasteiger partial charge in [0.2, 0.25) is 0 Å². The molecule has 0 saturated heterocycles. The molecule has 128 valence electrons. The number of pyridine rings is 1. The lowest BCUT2D eigenvalue weighted by Gasteiger charge is -2.08. The fraction of sp³-hybridized carbons (Fsp3) is 0.0500. The molecule has 2 heterocycles. The minimum Gasteiger partial charge on any atom is -0.465 e. The Balaban J connectivity index is 1.71. The van der Waals surface area contributed by atoms with Crippen LogP contribution in [0.25, 0.3) is 21.8 Å². The quantitative estimate of drug-likeness (QED) is 0.554. The molecule has 1 amide bonds. The number of benzene rings is 2. The number of hydrogen-bond donors (Lipinski definition) is 2. The minimum atomic E-state index is -0.507. The van der Waals surface area contributed by atoms with Crippen LogP contribution in [0, 0.1) is 0 Å². The molecule has 0 aliphatic rings. The predicted molar refractivity (Wildman–Crippen MR) is 99.3 cm³/mol. The molecule has 26 heavy (non-hydrogen) atoms. The lowest BCUT2D eigenvalue weighted by Crippen LogP contribution is -2.15. The number of nitrogens with zero attached hydrogens (tertiary/aromatic N) is 1. The Labute approximate surface area is 148 Å². The highest BCUT2D eigenvalue weighted by Gasteiger charge is 2.16. The molecule has 0 spiro atoms. The smallest absolute Gasteiger partial charge is 0.339 e. The first-order valence-corrected chi connectivity index (χ1v) is 8.02. The van der Waals surface area contributed by atoms with E-state index in [9.17, 15) is 9.59 Å². The van der Waals surface area contributed by atoms with Gasteiger partial charge in [-0.05, 0) is 24.3 Å². The van der Waals surface area contributed by atoms with Gasteiger partial charge >= 0.3 is 5.97 Å². The Hall–Kier alpha value is -3.67. The highest BCUT2D eigenvalue weighted by atomic mass is 16.5. The van der Waals surface area contributed by atoms with Gasteiger partial charge in [-0.1, -0.05) is 30.3 Å². The van der Waals surface area contributed by atoms with Crippen molar-refractivity contribution >= 4 is 39.4 Å². The second-order valence-corrected chi connectivity index (χ2v) is 5.78. The van der Waals surface area contributed by atoms with E-state index in [1.807, 2.05) is 24.3 Å². The van der Waals surface area contributed by atoms with Crippen molar-refractivity contribution < 1.29 is 14.3 Å². The van der Waals surface area contributed by atoms with E-state index >= 15 is 0 Å². The molecule has 2 aromatic carbocycles. The number of nitrogens with one attached hydrogen (secondary N) is 2. The number of amides is 1. The van der Waals surface area contributed by atoms with Crippen LogP contribution in [0.1, 0.15) is 20.8 Å². The summed E-state index contributed by atoms with van der Waals surface area (Å²) in [6, 6.07) is 16.2. The Morgan fingerprint density at radius 2 is 1.85 bits per heavy atom. The van der Waals surface area contributed by atoms with Crippen LogP contribution in [0.15, 0.2) is 60.8 Å². The van der Waals surface area contributed by atoms with Crippen LogP contribution in [0.4, 0.5) is 5.69 Å². The fourth-order valence-electron chi connectivity index (χ4n) is 2.93. The molecule has 2 aromatic heterocycles. The van der Waals surface area contributed by atoms with Crippen molar-refractivity contribution in [1.29, 1.82) is 0 Å². The van der Waals surface area contributed by atoms with Gasteiger partial charge in [-0.25, -0.2) is 4.79 Å². The van der Waals surface area contributed by atoms with Crippen LogP contribution in [-0.2, 0) is 4.74 Å². The van der Waals surface area contributed by atoms with Crippen molar-refractivity contribution in [2.75, 3.05) is 12.4 Å². The number of ether oxygens (including phenoxy) is 1. The van der Waals surface area contributed by atoms with Crippen molar-refractivity contribution in [1.82, 2.24) is 9.97 Å². The summed E-state index contributed by atoms with van der Waals surface area (Å²) in [5, 5.41) is 4.64. The molecular formula is C20H15N3O3. The van der Waals surface area contributed by atoms with Crippen molar-refractivity contribution in [2.45, 2.75) is 0 Å². The number of H-pyrrole nitrogens is 1. The molecule has 0 aliphatic carbocycles. The number of hydrogen-bond acceptors (Lipinski definition) is 4. The van der Waals surface area contributed by atoms with Gasteiger partial charge in [0.05, 0.1) is 29.4 Å². The van der Waals surface area contributed by atoms with Crippen molar-refractivity contribution in [3.63, 3.8) is 0 Å². The Kier molecular flexibility index (Phi) is 3.85. The van der Waals surface area contributed by atoms with E-state index in [4.69, 9.17) is 4.74 Å². The standard InChI is InChI=1S/C20H15N3O3/c1-26-20(25)14-6-2-3-7-15(14)23-19(24)16-11-13-9-8-12-5-4-10-21-17(12)18(13)22-16/h2-11,22H,1H3,(H,23,24). The van der Waals surface area contributed by atoms with Crippen LogP contribution in [-0.4, -0.2) is 29.0 Å². The first-order valence-electron chi connectivity index (χ1n) is 8.02. The van der Waals surface area contributed by atoms with Gasteiger partial charge in [-0.2, -0.15) is 0 Å². The van der Waals surface area contributed by atoms with Gasteiger partial charge < -0.3 is 15.0 Å². The zero-order valence-corrected chi connectivity index (χ0v) is 13.9. The largest absolute Gasteiger partial charge is 0.465 e. The Morgan fingerprint density at radius 1 is 1.04 bits per heavy atom. The Morgan fingerprint density at radius 3 is 2.69 bits per heavy atom. The number of fused-ring (bicyclic) bond motifs is 3. The number of esters is 1. The maximum absolute atomic E-state index is 12.7. The summed E-state index contributed by atoms with van der Waals surface area (Å²) in [5.41, 5.74) is 2.68. The fourth-order valence-corrected chi connectivity index (χ4v) is 2.93. The predicted octanol–water partition coefficient (Wildman–Crippen LogP) is 3.76. The number of carbonyl (C=O) groups is 2. The normalized spacial score (nSPS) is 10.8. The lowest BCUT2D eigenvalue weighted by molar-refractivity contribution is 0.0602. The average Bonchev–Trinajstić information content (AvgIpc) is 3.13. The van der Waals surface area contributed by atoms with Crippen LogP contribution in [0.2, 0.25) is 0 Å². The summed E-state index contributed by atoms with van der Waals surface area (Å²) in [4.78, 5) is 32.0. The van der Waals surface area contributed by atoms with Crippen LogP contribution in [0.3, 0.4) is 0 Å². The second-order valence-electron chi connectivity index (χ2n) is 5.78. The molecule has 6 heteroatoms. The zero-order valence-electron chi connectivity index (χ0n) is 13.9. The summed E-state index contributed by atoms with van der Waals surface area (Å²) >= 11 is 0. The van der Waals surface area contributed by atoms with Gasteiger partial charge in [0, 0.05) is 17.0 Å². The molecule has 0 bridgehead atoms. The van der Waals surface area contributed by atoms with Gasteiger partial charge in [-0.3, -0.25) is 9.78 Å². The topological polar surface area (TPSA) is 84.1 Å². The molecule has 0 aliphatic heterocycles. The summed E-state index contributed by atoms with van der Waals surface area (Å²) in [6.45, 7) is 0. The van der Waals surface area contributed by atoms with Crippen molar-refractivity contribution in [3.05, 3.63) is 72.1 Å². The molecule has 0 fully saturated rings. The number of para-hydroxylation sites is 1. The molecule has 0 radical (unpaired) electrons. The number of methoxy groups -OCH3 is 1. The lowest BCUT2D eigenvalue weighted by atomic mass is 10.1. The van der Waals surface area contributed by atoms with E-state index in [0.717, 1.165) is 21.8 Å². The first kappa shape index (κ1) is 15.8. The van der Waals surface area contributed by atoms with Crippen LogP contribution in [0.5, 0.6) is 0 Å². The molecule has 6 nitrogen and oxygen atoms in total. The minimum absolute atomic E-state index is 0.298. The zero-order chi connectivity index (χ0) is 18.1. The van der Waals surface area contributed by atoms with Gasteiger partial charge in [0.15, 0.2) is 0 Å². The summed E-state index contributed by atoms with van der Waals surface area (Å²) in [7, 11) is 1.30. The molecule has 0 unspecified atom stereocenters. The van der Waals surface area contributed by atoms with Gasteiger partial charge in [0.1, 0.15) is 5.69 Å². The summed E-state index contributed by atoms with van der Waals surface area (Å²) < 4.78 is 4.75. The highest BCUT2D eigenvalue weighted by Crippen LogP contribution is 2.24. The van der Waals surface area contributed by atoms with Gasteiger partial charge in [-0.15, -0.1) is 0 Å². The van der Waals surface area contributed by atoms with Crippen LogP contribution >= 0.6 is 0 Å². The van der Waals surface area contributed by atoms with Crippen molar-refractivity contribution in [2.24, 2.45) is 0 Å². The SMILES string of the molecule is COC(=O)c1ccccc1NC(=O)c1cc2ccc3cccnc3c2[nH]1. The first-order chi connectivity index (χ1) is 12.7. The summed E-state index contributed by atoms with van der Waals surface area (Å²) in [5.74, 6) is -0.852. The molecule has 0 saturated carbocycles. The monoisotopic (exact) mass is 345 g/mol. The maximum Gasteiger partial charge on any atom is 0.339 e. The van der Waals surface area contributed by atoms with E-state index < -0.39 is 5.97 Å². The van der Waals surface area contributed by atoms with E-state index in [2.05, 4.69) is 15.3 Å². The molecular weight excluding hydrogens is 330 g/mol. The second kappa shape index (κ2) is 6.33. The third kappa shape index (κ3) is 2.67. The van der Waals surface area contributed by atoms with E-state index in [0.29, 0.717) is 16.9 Å².